The summed E-state index contributed by atoms with van der Waals surface area (Å²) in [4.78, 5) is 0. The third kappa shape index (κ3) is 4.91. The molecule has 0 aliphatic rings. The third-order valence-corrected chi connectivity index (χ3v) is 1.73. The largest absolute Gasteiger partial charge is 0.319 e. The van der Waals surface area contributed by atoms with Crippen LogP contribution in [-0.2, 0) is 0 Å². The molecule has 0 aromatic heterocycles. The maximum absolute atomic E-state index is 3.98. The van der Waals surface area contributed by atoms with Crippen LogP contribution in [0.1, 0.15) is 13.8 Å². The SMILES string of the molecule is C=C(C)/C=C\C(=C)C(C)CNC. The maximum atomic E-state index is 3.98. The molecule has 1 atom stereocenters. The lowest BCUT2D eigenvalue weighted by atomic mass is 10.0. The van der Waals surface area contributed by atoms with Crippen molar-refractivity contribution in [3.05, 3.63) is 36.5 Å². The first-order chi connectivity index (χ1) is 5.57. The first-order valence-electron chi connectivity index (χ1n) is 4.25. The average molecular weight is 165 g/mol. The van der Waals surface area contributed by atoms with Crippen molar-refractivity contribution in [3.8, 4) is 0 Å². The van der Waals surface area contributed by atoms with E-state index in [-0.39, 0.29) is 0 Å². The molecular formula is C11H19N. The summed E-state index contributed by atoms with van der Waals surface area (Å²) in [5.74, 6) is 0.491. The van der Waals surface area contributed by atoms with Crippen molar-refractivity contribution in [2.45, 2.75) is 13.8 Å². The smallest absolute Gasteiger partial charge is 0.00142 e. The molecule has 0 amide bonds. The topological polar surface area (TPSA) is 12.0 Å². The van der Waals surface area contributed by atoms with Gasteiger partial charge in [-0.1, -0.05) is 43.4 Å². The van der Waals surface area contributed by atoms with Crippen molar-refractivity contribution >= 4 is 0 Å². The maximum Gasteiger partial charge on any atom is 0.00142 e. The van der Waals surface area contributed by atoms with Gasteiger partial charge in [0.2, 0.25) is 0 Å². The molecule has 0 aliphatic carbocycles. The van der Waals surface area contributed by atoms with E-state index in [4.69, 9.17) is 0 Å². The summed E-state index contributed by atoms with van der Waals surface area (Å²) in [5, 5.41) is 3.12. The van der Waals surface area contributed by atoms with E-state index in [1.165, 1.54) is 0 Å². The summed E-state index contributed by atoms with van der Waals surface area (Å²) in [7, 11) is 1.95. The predicted octanol–water partition coefficient (Wildman–Crippen LogP) is 2.53. The molecule has 0 radical (unpaired) electrons. The molecule has 0 aromatic carbocycles. The van der Waals surface area contributed by atoms with Gasteiger partial charge in [-0.15, -0.1) is 0 Å². The fraction of sp³-hybridized carbons (Fsp3) is 0.455. The van der Waals surface area contributed by atoms with Crippen molar-refractivity contribution in [2.24, 2.45) is 5.92 Å². The molecule has 0 bridgehead atoms. The van der Waals surface area contributed by atoms with Crippen LogP contribution in [0.3, 0.4) is 0 Å². The molecule has 0 aromatic rings. The second-order valence-corrected chi connectivity index (χ2v) is 3.21. The fourth-order valence-electron chi connectivity index (χ4n) is 0.851. The highest BCUT2D eigenvalue weighted by Gasteiger charge is 2.00. The lowest BCUT2D eigenvalue weighted by Crippen LogP contribution is -2.16. The van der Waals surface area contributed by atoms with Crippen molar-refractivity contribution in [1.82, 2.24) is 5.32 Å². The van der Waals surface area contributed by atoms with Gasteiger partial charge in [-0.25, -0.2) is 0 Å². The molecule has 0 fully saturated rings. The van der Waals surface area contributed by atoms with Gasteiger partial charge in [0.25, 0.3) is 0 Å². The van der Waals surface area contributed by atoms with E-state index >= 15 is 0 Å². The zero-order valence-electron chi connectivity index (χ0n) is 8.35. The molecule has 0 heterocycles. The summed E-state index contributed by atoms with van der Waals surface area (Å²) in [5.41, 5.74) is 2.21. The Morgan fingerprint density at radius 3 is 2.42 bits per heavy atom. The van der Waals surface area contributed by atoms with E-state index in [1.54, 1.807) is 0 Å². The van der Waals surface area contributed by atoms with Gasteiger partial charge in [0, 0.05) is 6.54 Å². The molecule has 0 spiro atoms. The highest BCUT2D eigenvalue weighted by Crippen LogP contribution is 2.09. The number of nitrogens with one attached hydrogen (secondary N) is 1. The molecule has 0 aliphatic heterocycles. The minimum absolute atomic E-state index is 0.491. The molecule has 0 saturated carbocycles. The van der Waals surface area contributed by atoms with E-state index in [0.29, 0.717) is 5.92 Å². The van der Waals surface area contributed by atoms with Crippen LogP contribution in [0.25, 0.3) is 0 Å². The highest BCUT2D eigenvalue weighted by atomic mass is 14.8. The normalized spacial score (nSPS) is 13.2. The van der Waals surface area contributed by atoms with Crippen LogP contribution in [0.5, 0.6) is 0 Å². The second-order valence-electron chi connectivity index (χ2n) is 3.21. The number of hydrogen-bond donors (Lipinski definition) is 1. The standard InChI is InChI=1S/C11H19N/c1-9(2)6-7-10(3)11(4)8-12-5/h6-7,11-12H,1,3,8H2,2,4-5H3/b7-6-. The molecule has 1 unspecified atom stereocenters. The fourth-order valence-corrected chi connectivity index (χ4v) is 0.851. The van der Waals surface area contributed by atoms with Crippen molar-refractivity contribution < 1.29 is 0 Å². The van der Waals surface area contributed by atoms with E-state index in [0.717, 1.165) is 17.7 Å². The molecule has 68 valence electrons. The van der Waals surface area contributed by atoms with Crippen LogP contribution in [-0.4, -0.2) is 13.6 Å². The van der Waals surface area contributed by atoms with Gasteiger partial charge in [-0.2, -0.15) is 0 Å². The lowest BCUT2D eigenvalue weighted by molar-refractivity contribution is 0.631. The second kappa shape index (κ2) is 5.78. The molecule has 0 rings (SSSR count). The van der Waals surface area contributed by atoms with Gasteiger partial charge >= 0.3 is 0 Å². The summed E-state index contributed by atoms with van der Waals surface area (Å²) in [6.07, 6.45) is 4.03. The average Bonchev–Trinajstić information content (AvgIpc) is 2.00. The van der Waals surface area contributed by atoms with Gasteiger partial charge in [0.15, 0.2) is 0 Å². The first-order valence-corrected chi connectivity index (χ1v) is 4.25. The summed E-state index contributed by atoms with van der Waals surface area (Å²) in [6.45, 7) is 12.9. The van der Waals surface area contributed by atoms with Crippen LogP contribution in [0.2, 0.25) is 0 Å². The van der Waals surface area contributed by atoms with E-state index in [9.17, 15) is 0 Å². The number of allylic oxidation sites excluding steroid dienone is 3. The number of hydrogen-bond acceptors (Lipinski definition) is 1. The Labute approximate surface area is 75.9 Å². The Hall–Kier alpha value is -0.820. The lowest BCUT2D eigenvalue weighted by Gasteiger charge is -2.09. The molecule has 12 heavy (non-hydrogen) atoms. The predicted molar refractivity (Wildman–Crippen MR) is 56.2 cm³/mol. The Balaban J connectivity index is 3.94. The number of rotatable bonds is 5. The Bertz CT molecular complexity index is 189. The van der Waals surface area contributed by atoms with Gasteiger partial charge < -0.3 is 5.32 Å². The van der Waals surface area contributed by atoms with E-state index in [2.05, 4.69) is 25.4 Å². The Morgan fingerprint density at radius 2 is 2.00 bits per heavy atom. The van der Waals surface area contributed by atoms with Gasteiger partial charge in [-0.3, -0.25) is 0 Å². The highest BCUT2D eigenvalue weighted by molar-refractivity contribution is 5.24. The zero-order chi connectivity index (χ0) is 9.56. The van der Waals surface area contributed by atoms with Crippen LogP contribution in [0.4, 0.5) is 0 Å². The molecule has 1 nitrogen and oxygen atoms in total. The van der Waals surface area contributed by atoms with Gasteiger partial charge in [0.1, 0.15) is 0 Å². The van der Waals surface area contributed by atoms with Crippen LogP contribution < -0.4 is 5.32 Å². The van der Waals surface area contributed by atoms with E-state index in [1.807, 2.05) is 26.1 Å². The zero-order valence-corrected chi connectivity index (χ0v) is 8.35. The first kappa shape index (κ1) is 11.2. The monoisotopic (exact) mass is 165 g/mol. The van der Waals surface area contributed by atoms with Gasteiger partial charge in [-0.05, 0) is 19.9 Å². The Morgan fingerprint density at radius 1 is 1.42 bits per heavy atom. The summed E-state index contributed by atoms with van der Waals surface area (Å²) >= 11 is 0. The van der Waals surface area contributed by atoms with E-state index < -0.39 is 0 Å². The minimum atomic E-state index is 0.491. The molecule has 1 heteroatoms. The van der Waals surface area contributed by atoms with Crippen molar-refractivity contribution in [2.75, 3.05) is 13.6 Å². The van der Waals surface area contributed by atoms with Crippen molar-refractivity contribution in [1.29, 1.82) is 0 Å². The van der Waals surface area contributed by atoms with Crippen LogP contribution in [0.15, 0.2) is 36.5 Å². The Kier molecular flexibility index (Phi) is 5.39. The molecular weight excluding hydrogens is 146 g/mol. The van der Waals surface area contributed by atoms with Crippen molar-refractivity contribution in [3.63, 3.8) is 0 Å². The summed E-state index contributed by atoms with van der Waals surface area (Å²) in [6, 6.07) is 0. The quantitative estimate of drug-likeness (QED) is 0.617. The summed E-state index contributed by atoms with van der Waals surface area (Å²) < 4.78 is 0. The molecule has 0 saturated heterocycles. The molecule has 1 N–H and O–H groups in total. The van der Waals surface area contributed by atoms with Crippen LogP contribution >= 0.6 is 0 Å². The van der Waals surface area contributed by atoms with Gasteiger partial charge in [0.05, 0.1) is 0 Å². The third-order valence-electron chi connectivity index (χ3n) is 1.73. The minimum Gasteiger partial charge on any atom is -0.319 e. The van der Waals surface area contributed by atoms with Crippen LogP contribution in [0, 0.1) is 5.92 Å².